The van der Waals surface area contributed by atoms with Crippen LogP contribution in [0.3, 0.4) is 0 Å². The van der Waals surface area contributed by atoms with Crippen LogP contribution in [0.15, 0.2) is 30.6 Å². The summed E-state index contributed by atoms with van der Waals surface area (Å²) in [6.45, 7) is 5.76. The first-order valence-corrected chi connectivity index (χ1v) is 10.4. The van der Waals surface area contributed by atoms with Crippen LogP contribution in [-0.4, -0.2) is 42.6 Å². The van der Waals surface area contributed by atoms with Gasteiger partial charge < -0.3 is 30.5 Å². The minimum Gasteiger partial charge on any atom is -0.475 e. The van der Waals surface area contributed by atoms with Crippen LogP contribution in [-0.2, 0) is 24.6 Å². The third-order valence-electron chi connectivity index (χ3n) is 6.11. The zero-order valence-electron chi connectivity index (χ0n) is 17.5. The van der Waals surface area contributed by atoms with E-state index in [2.05, 4.69) is 25.9 Å². The summed E-state index contributed by atoms with van der Waals surface area (Å²) < 4.78 is 20.2. The number of nitrogens with zero attached hydrogens (tertiary/aromatic N) is 2. The monoisotopic (exact) mass is 612 g/mol. The number of rotatable bonds is 3. The van der Waals surface area contributed by atoms with Gasteiger partial charge in [0, 0.05) is 30.1 Å². The van der Waals surface area contributed by atoms with Gasteiger partial charge in [-0.25, -0.2) is 9.37 Å². The first-order valence-electron chi connectivity index (χ1n) is 10.4. The minimum atomic E-state index is -0.362. The van der Waals surface area contributed by atoms with Crippen LogP contribution in [0.4, 0.5) is 15.9 Å². The molecule has 2 fully saturated rings. The molecule has 9 heteroatoms. The number of anilines is 2. The van der Waals surface area contributed by atoms with Crippen LogP contribution in [0, 0.1) is 24.6 Å². The Morgan fingerprint density at radius 1 is 1.12 bits per heavy atom. The van der Waals surface area contributed by atoms with E-state index in [1.54, 1.807) is 24.7 Å². The molecule has 2 aliphatic heterocycles. The second-order valence-corrected chi connectivity index (χ2v) is 8.14. The number of ether oxygens (including phenoxy) is 1. The van der Waals surface area contributed by atoms with Crippen LogP contribution in [0.25, 0.3) is 21.9 Å². The molecule has 1 aliphatic carbocycles. The summed E-state index contributed by atoms with van der Waals surface area (Å²) in [5, 5.41) is 10.3. The molecule has 32 heavy (non-hydrogen) atoms. The molecule has 1 aromatic carbocycles. The van der Waals surface area contributed by atoms with E-state index in [1.807, 2.05) is 6.92 Å². The average molecular weight is 611 g/mol. The molecule has 3 aromatic rings. The molecule has 3 aliphatic rings. The molecule has 2 atom stereocenters. The van der Waals surface area contributed by atoms with Gasteiger partial charge in [-0.15, -0.1) is 0 Å². The topological polar surface area (TPSA) is 88.2 Å². The molecule has 1 saturated heterocycles. The van der Waals surface area contributed by atoms with Gasteiger partial charge in [-0.2, -0.15) is 0 Å². The summed E-state index contributed by atoms with van der Waals surface area (Å²) in [5.41, 5.74) is 2.77. The van der Waals surface area contributed by atoms with Crippen molar-refractivity contribution in [2.45, 2.75) is 13.3 Å². The summed E-state index contributed by atoms with van der Waals surface area (Å²) in [4.78, 5) is 18.8. The Morgan fingerprint density at radius 2 is 1.94 bits per heavy atom. The second-order valence-electron chi connectivity index (χ2n) is 8.14. The van der Waals surface area contributed by atoms with Crippen LogP contribution in [0.5, 0.6) is 5.88 Å². The molecule has 2 unspecified atom stereocenters. The average Bonchev–Trinajstić information content (AvgIpc) is 3.39. The number of benzene rings is 1. The molecule has 1 radical (unpaired) electrons. The molecular weight excluding hydrogens is 588 g/mol. The van der Waals surface area contributed by atoms with Crippen molar-refractivity contribution in [3.8, 4) is 17.0 Å². The van der Waals surface area contributed by atoms with Crippen molar-refractivity contribution in [3.05, 3.63) is 42.0 Å². The predicted molar refractivity (Wildman–Crippen MR) is 117 cm³/mol. The molecule has 2 aromatic heterocycles. The zero-order chi connectivity index (χ0) is 21.4. The fourth-order valence-electron chi connectivity index (χ4n) is 4.25. The van der Waals surface area contributed by atoms with Crippen molar-refractivity contribution in [1.82, 2.24) is 15.3 Å². The summed E-state index contributed by atoms with van der Waals surface area (Å²) in [5.74, 6) is 2.73. The van der Waals surface area contributed by atoms with Crippen LogP contribution < -0.4 is 20.7 Å². The number of carbonyl (C=O) groups excluding carboxylic acids is 1. The van der Waals surface area contributed by atoms with Crippen molar-refractivity contribution >= 4 is 28.7 Å². The number of aromatic nitrogens is 2. The predicted octanol–water partition coefficient (Wildman–Crippen LogP) is 3.25. The molecule has 7 nitrogen and oxygen atoms in total. The number of amides is 1. The van der Waals surface area contributed by atoms with Gasteiger partial charge in [0.15, 0.2) is 0 Å². The Balaban J connectivity index is 0.000000299. The summed E-state index contributed by atoms with van der Waals surface area (Å²) >= 11 is 0. The van der Waals surface area contributed by atoms with E-state index in [4.69, 9.17) is 4.74 Å². The maximum atomic E-state index is 14.7. The molecule has 6 rings (SSSR count). The first kappa shape index (κ1) is 22.6. The van der Waals surface area contributed by atoms with E-state index >= 15 is 0 Å². The third kappa shape index (κ3) is 4.46. The maximum absolute atomic E-state index is 14.7. The van der Waals surface area contributed by atoms with Gasteiger partial charge in [0.2, 0.25) is 5.88 Å². The SMILES string of the molecule is C1NCC2CC12.Cc1c(-c2cc3cc(N[C-]=O)ncc3cc2F)cnc2c1NCCO2.[Os+]. The van der Waals surface area contributed by atoms with Gasteiger partial charge in [0.25, 0.3) is 0 Å². The summed E-state index contributed by atoms with van der Waals surface area (Å²) in [7, 11) is 0. The van der Waals surface area contributed by atoms with Gasteiger partial charge >= 0.3 is 19.8 Å². The standard InChI is InChI=1S/C18H14FN4O2.C5H9N.Os/c1-10-14(8-22-18-17(10)20-2-3-25-18)13-4-11-6-16(23-9-24)21-7-12(11)5-15(13)19;1-4-2-6-3-5(1)4;/h4-8,20H,2-3H2,1H3,(H,21,23,24);4-6H,1-3H2;/q-1;;+1. The number of nitrogens with one attached hydrogen (secondary N) is 3. The Morgan fingerprint density at radius 3 is 2.62 bits per heavy atom. The van der Waals surface area contributed by atoms with E-state index in [9.17, 15) is 9.18 Å². The van der Waals surface area contributed by atoms with Crippen LogP contribution >= 0.6 is 0 Å². The molecule has 4 heterocycles. The van der Waals surface area contributed by atoms with Gasteiger partial charge in [-0.1, -0.05) is 6.07 Å². The third-order valence-corrected chi connectivity index (χ3v) is 6.11. The van der Waals surface area contributed by atoms with E-state index in [1.165, 1.54) is 31.8 Å². The molecule has 0 bridgehead atoms. The first-order chi connectivity index (χ1) is 15.1. The largest absolute Gasteiger partial charge is 1.00 e. The Labute approximate surface area is 198 Å². The van der Waals surface area contributed by atoms with Gasteiger partial charge in [-0.3, -0.25) is 0 Å². The molecular formula is C23H23FN5O2Os. The van der Waals surface area contributed by atoms with Crippen molar-refractivity contribution in [1.29, 1.82) is 0 Å². The van der Waals surface area contributed by atoms with Crippen molar-refractivity contribution in [2.24, 2.45) is 11.8 Å². The van der Waals surface area contributed by atoms with Crippen molar-refractivity contribution < 1.29 is 33.7 Å². The number of pyridine rings is 2. The fourth-order valence-corrected chi connectivity index (χ4v) is 4.25. The molecule has 1 saturated carbocycles. The molecule has 167 valence electrons. The normalized spacial score (nSPS) is 19.8. The quantitative estimate of drug-likeness (QED) is 0.312. The number of hydrogen-bond donors (Lipinski definition) is 3. The van der Waals surface area contributed by atoms with Crippen molar-refractivity contribution in [2.75, 3.05) is 36.9 Å². The van der Waals surface area contributed by atoms with Gasteiger partial charge in [-0.05, 0) is 72.6 Å². The van der Waals surface area contributed by atoms with E-state index in [0.717, 1.165) is 28.5 Å². The molecule has 3 N–H and O–H groups in total. The number of hydrogen-bond acceptors (Lipinski definition) is 6. The van der Waals surface area contributed by atoms with E-state index in [-0.39, 0.29) is 25.6 Å². The Bertz CT molecular complexity index is 1150. The van der Waals surface area contributed by atoms with Gasteiger partial charge in [0.05, 0.1) is 6.41 Å². The number of halogens is 1. The minimum absolute atomic E-state index is 0. The maximum Gasteiger partial charge on any atom is 1.00 e. The Kier molecular flexibility index (Phi) is 6.68. The smallest absolute Gasteiger partial charge is 0.475 e. The zero-order valence-corrected chi connectivity index (χ0v) is 20.1. The van der Waals surface area contributed by atoms with Crippen LogP contribution in [0.2, 0.25) is 0 Å². The Hall–Kier alpha value is -2.62. The van der Waals surface area contributed by atoms with Crippen LogP contribution in [0.1, 0.15) is 12.0 Å². The molecule has 0 spiro atoms. The summed E-state index contributed by atoms with van der Waals surface area (Å²) in [6.07, 6.45) is 6.23. The van der Waals surface area contributed by atoms with E-state index in [0.29, 0.717) is 41.4 Å². The van der Waals surface area contributed by atoms with Crippen molar-refractivity contribution in [3.63, 3.8) is 0 Å². The molecule has 1 amide bonds. The summed E-state index contributed by atoms with van der Waals surface area (Å²) in [6, 6.07) is 4.82. The van der Waals surface area contributed by atoms with E-state index < -0.39 is 0 Å². The van der Waals surface area contributed by atoms with Gasteiger partial charge in [0.1, 0.15) is 18.1 Å². The number of piperidine rings is 1. The second kappa shape index (κ2) is 9.48. The fraction of sp³-hybridized carbons (Fsp3) is 0.348. The number of fused-ring (bicyclic) bond motifs is 3.